The molecular weight excluding hydrogens is 279 g/mol. The van der Waals surface area contributed by atoms with E-state index in [4.69, 9.17) is 0 Å². The molecule has 0 radical (unpaired) electrons. The van der Waals surface area contributed by atoms with Crippen molar-refractivity contribution in [3.05, 3.63) is 59.2 Å². The van der Waals surface area contributed by atoms with Gasteiger partial charge in [0.2, 0.25) is 0 Å². The number of hydrogen-bond donors (Lipinski definition) is 1. The second-order valence-corrected chi connectivity index (χ2v) is 4.75. The highest BCUT2D eigenvalue weighted by Crippen LogP contribution is 2.35. The van der Waals surface area contributed by atoms with Gasteiger partial charge >= 0.3 is 6.18 Å². The average Bonchev–Trinajstić information content (AvgIpc) is 2.44. The second-order valence-electron chi connectivity index (χ2n) is 4.75. The Balaban J connectivity index is 2.54. The van der Waals surface area contributed by atoms with Crippen LogP contribution in [-0.4, -0.2) is 16.5 Å². The van der Waals surface area contributed by atoms with E-state index in [-0.39, 0.29) is 5.56 Å². The zero-order valence-electron chi connectivity index (χ0n) is 11.8. The summed E-state index contributed by atoms with van der Waals surface area (Å²) < 4.78 is 39.5. The Morgan fingerprint density at radius 3 is 2.57 bits per heavy atom. The molecule has 0 amide bonds. The molecule has 3 nitrogen and oxygen atoms in total. The molecule has 0 aromatic carbocycles. The number of alkyl halides is 3. The molecule has 2 heterocycles. The van der Waals surface area contributed by atoms with Crippen LogP contribution < -0.4 is 5.32 Å². The molecule has 2 aromatic heterocycles. The van der Waals surface area contributed by atoms with Crippen molar-refractivity contribution in [2.24, 2.45) is 0 Å². The molecule has 1 unspecified atom stereocenters. The van der Waals surface area contributed by atoms with Gasteiger partial charge in [-0.2, -0.15) is 13.2 Å². The van der Waals surface area contributed by atoms with Crippen LogP contribution in [0.25, 0.3) is 0 Å². The summed E-state index contributed by atoms with van der Waals surface area (Å²) >= 11 is 0. The first-order valence-electron chi connectivity index (χ1n) is 6.59. The van der Waals surface area contributed by atoms with E-state index in [9.17, 15) is 13.2 Å². The van der Waals surface area contributed by atoms with Gasteiger partial charge in [0, 0.05) is 30.4 Å². The van der Waals surface area contributed by atoms with E-state index >= 15 is 0 Å². The minimum atomic E-state index is -4.41. The van der Waals surface area contributed by atoms with Crippen LogP contribution in [0.5, 0.6) is 0 Å². The molecule has 0 aliphatic heterocycles. The average molecular weight is 295 g/mol. The topological polar surface area (TPSA) is 37.8 Å². The Morgan fingerprint density at radius 1 is 1.19 bits per heavy atom. The van der Waals surface area contributed by atoms with Gasteiger partial charge in [-0.05, 0) is 30.7 Å². The number of pyridine rings is 2. The van der Waals surface area contributed by atoms with Crippen molar-refractivity contribution in [2.75, 3.05) is 6.54 Å². The lowest BCUT2D eigenvalue weighted by atomic mass is 9.96. The fraction of sp³-hybridized carbons (Fsp3) is 0.333. The predicted molar refractivity (Wildman–Crippen MR) is 73.7 cm³/mol. The third-order valence-electron chi connectivity index (χ3n) is 3.11. The summed E-state index contributed by atoms with van der Waals surface area (Å²) in [6.07, 6.45) is 1.25. The maximum atomic E-state index is 13.2. The van der Waals surface area contributed by atoms with Gasteiger partial charge in [-0.25, -0.2) is 0 Å². The van der Waals surface area contributed by atoms with Crippen LogP contribution in [-0.2, 0) is 6.18 Å². The van der Waals surface area contributed by atoms with Gasteiger partial charge in [-0.15, -0.1) is 0 Å². The van der Waals surface area contributed by atoms with Gasteiger partial charge in [0.15, 0.2) is 0 Å². The van der Waals surface area contributed by atoms with E-state index in [1.54, 1.807) is 12.4 Å². The lowest BCUT2D eigenvalue weighted by Crippen LogP contribution is -2.25. The van der Waals surface area contributed by atoms with Crippen molar-refractivity contribution in [3.8, 4) is 0 Å². The Labute approximate surface area is 121 Å². The van der Waals surface area contributed by atoms with Crippen molar-refractivity contribution in [3.63, 3.8) is 0 Å². The maximum absolute atomic E-state index is 13.2. The van der Waals surface area contributed by atoms with Crippen LogP contribution in [0, 0.1) is 6.92 Å². The fourth-order valence-electron chi connectivity index (χ4n) is 2.24. The van der Waals surface area contributed by atoms with Crippen molar-refractivity contribution in [1.82, 2.24) is 15.3 Å². The number of nitrogens with zero attached hydrogens (tertiary/aromatic N) is 2. The first kappa shape index (κ1) is 15.4. The van der Waals surface area contributed by atoms with E-state index in [1.807, 2.05) is 19.9 Å². The van der Waals surface area contributed by atoms with Gasteiger partial charge < -0.3 is 5.32 Å². The van der Waals surface area contributed by atoms with Crippen LogP contribution in [0.4, 0.5) is 13.2 Å². The lowest BCUT2D eigenvalue weighted by Gasteiger charge is -2.22. The Hall–Kier alpha value is -1.95. The normalized spacial score (nSPS) is 13.2. The van der Waals surface area contributed by atoms with Gasteiger partial charge in [-0.3, -0.25) is 9.97 Å². The number of halogens is 3. The zero-order chi connectivity index (χ0) is 15.5. The van der Waals surface area contributed by atoms with Crippen molar-refractivity contribution >= 4 is 0 Å². The molecule has 0 aliphatic carbocycles. The monoisotopic (exact) mass is 295 g/mol. The molecule has 2 rings (SSSR count). The first-order chi connectivity index (χ1) is 9.93. The van der Waals surface area contributed by atoms with Crippen LogP contribution in [0.1, 0.15) is 35.2 Å². The molecule has 1 atom stereocenters. The smallest absolute Gasteiger partial charge is 0.306 e. The Morgan fingerprint density at radius 2 is 1.95 bits per heavy atom. The summed E-state index contributed by atoms with van der Waals surface area (Å²) in [5, 5.41) is 3.07. The minimum absolute atomic E-state index is 0.110. The van der Waals surface area contributed by atoms with Gasteiger partial charge in [0.25, 0.3) is 0 Å². The number of nitrogens with one attached hydrogen (secondary N) is 1. The van der Waals surface area contributed by atoms with Gasteiger partial charge in [0.1, 0.15) is 0 Å². The molecule has 0 fully saturated rings. The van der Waals surface area contributed by atoms with Gasteiger partial charge in [0.05, 0.1) is 11.6 Å². The maximum Gasteiger partial charge on any atom is 0.416 e. The van der Waals surface area contributed by atoms with E-state index in [2.05, 4.69) is 15.3 Å². The van der Waals surface area contributed by atoms with E-state index in [0.717, 1.165) is 17.8 Å². The first-order valence-corrected chi connectivity index (χ1v) is 6.59. The number of hydrogen-bond acceptors (Lipinski definition) is 3. The molecule has 0 saturated heterocycles. The fourth-order valence-corrected chi connectivity index (χ4v) is 2.24. The molecule has 0 saturated carbocycles. The standard InChI is InChI=1S/C15H16F3N3/c1-3-21-14(11-6-10(2)7-20-8-11)12-9-19-5-4-13(12)15(16,17)18/h4-9,14,21H,3H2,1-2H3. The molecule has 112 valence electrons. The predicted octanol–water partition coefficient (Wildman–Crippen LogP) is 3.50. The molecule has 21 heavy (non-hydrogen) atoms. The van der Waals surface area contributed by atoms with Gasteiger partial charge in [-0.1, -0.05) is 13.0 Å². The summed E-state index contributed by atoms with van der Waals surface area (Å²) in [4.78, 5) is 7.91. The van der Waals surface area contributed by atoms with E-state index < -0.39 is 17.8 Å². The molecule has 1 N–H and O–H groups in total. The highest BCUT2D eigenvalue weighted by Gasteiger charge is 2.35. The number of aromatic nitrogens is 2. The molecule has 2 aromatic rings. The summed E-state index contributed by atoms with van der Waals surface area (Å²) in [6.45, 7) is 4.23. The zero-order valence-corrected chi connectivity index (χ0v) is 11.8. The summed E-state index contributed by atoms with van der Waals surface area (Å²) in [7, 11) is 0. The minimum Gasteiger partial charge on any atom is -0.306 e. The molecular formula is C15H16F3N3. The van der Waals surface area contributed by atoms with Crippen LogP contribution in [0.15, 0.2) is 36.9 Å². The quantitative estimate of drug-likeness (QED) is 0.938. The number of aryl methyl sites for hydroxylation is 1. The Bertz CT molecular complexity index is 611. The second kappa shape index (κ2) is 6.22. The summed E-state index contributed by atoms with van der Waals surface area (Å²) in [5.41, 5.74) is 1.02. The van der Waals surface area contributed by atoms with Crippen LogP contribution in [0.3, 0.4) is 0 Å². The van der Waals surface area contributed by atoms with E-state index in [0.29, 0.717) is 12.1 Å². The van der Waals surface area contributed by atoms with Crippen molar-refractivity contribution in [2.45, 2.75) is 26.1 Å². The largest absolute Gasteiger partial charge is 0.416 e. The Kier molecular flexibility index (Phi) is 4.57. The summed E-state index contributed by atoms with van der Waals surface area (Å²) in [6, 6.07) is 2.24. The third-order valence-corrected chi connectivity index (χ3v) is 3.11. The van der Waals surface area contributed by atoms with Crippen LogP contribution >= 0.6 is 0 Å². The van der Waals surface area contributed by atoms with Crippen molar-refractivity contribution in [1.29, 1.82) is 0 Å². The third kappa shape index (κ3) is 3.58. The van der Waals surface area contributed by atoms with Crippen molar-refractivity contribution < 1.29 is 13.2 Å². The summed E-state index contributed by atoms with van der Waals surface area (Å²) in [5.74, 6) is 0. The molecule has 0 spiro atoms. The highest BCUT2D eigenvalue weighted by atomic mass is 19.4. The SMILES string of the molecule is CCNC(c1cncc(C)c1)c1cnccc1C(F)(F)F. The highest BCUT2D eigenvalue weighted by molar-refractivity contribution is 5.37. The molecule has 0 bridgehead atoms. The lowest BCUT2D eigenvalue weighted by molar-refractivity contribution is -0.138. The molecule has 6 heteroatoms. The van der Waals surface area contributed by atoms with Crippen LogP contribution in [0.2, 0.25) is 0 Å². The van der Waals surface area contributed by atoms with E-state index in [1.165, 1.54) is 6.20 Å². The molecule has 0 aliphatic rings. The number of rotatable bonds is 4.